The first-order valence-corrected chi connectivity index (χ1v) is 7.50. The minimum atomic E-state index is 0.231. The number of anilines is 1. The molecule has 0 bridgehead atoms. The van der Waals surface area contributed by atoms with E-state index in [1.807, 2.05) is 0 Å². The summed E-state index contributed by atoms with van der Waals surface area (Å²) in [5, 5.41) is 1.16. The van der Waals surface area contributed by atoms with Crippen molar-refractivity contribution in [2.75, 3.05) is 18.5 Å². The predicted molar refractivity (Wildman–Crippen MR) is 74.8 cm³/mol. The van der Waals surface area contributed by atoms with Crippen LogP contribution in [0.2, 0.25) is 0 Å². The van der Waals surface area contributed by atoms with Gasteiger partial charge in [0.05, 0.1) is 5.69 Å². The number of hydrogen-bond acceptors (Lipinski definition) is 4. The fraction of sp³-hybridized carbons (Fsp3) is 0.769. The normalized spacial score (nSPS) is 19.1. The second-order valence-electron chi connectivity index (χ2n) is 4.93. The zero-order valence-corrected chi connectivity index (χ0v) is 11.7. The van der Waals surface area contributed by atoms with E-state index in [0.717, 1.165) is 24.5 Å². The Morgan fingerprint density at radius 2 is 2.29 bits per heavy atom. The van der Waals surface area contributed by atoms with Crippen molar-refractivity contribution in [3.8, 4) is 0 Å². The molecule has 0 fully saturated rings. The largest absolute Gasteiger partial charge is 0.351 e. The van der Waals surface area contributed by atoms with Crippen LogP contribution >= 0.6 is 11.3 Å². The molecule has 1 unspecified atom stereocenters. The van der Waals surface area contributed by atoms with Crippen molar-refractivity contribution in [2.24, 2.45) is 5.73 Å². The molecule has 4 heteroatoms. The average molecular weight is 253 g/mol. The highest BCUT2D eigenvalue weighted by molar-refractivity contribution is 7.15. The molecule has 1 heterocycles. The van der Waals surface area contributed by atoms with Gasteiger partial charge in [-0.05, 0) is 25.7 Å². The molecule has 0 aromatic carbocycles. The summed E-state index contributed by atoms with van der Waals surface area (Å²) in [5.74, 6) is 0. The van der Waals surface area contributed by atoms with E-state index in [1.165, 1.54) is 36.3 Å². The molecule has 2 N–H and O–H groups in total. The van der Waals surface area contributed by atoms with E-state index in [2.05, 4.69) is 18.9 Å². The molecule has 0 amide bonds. The lowest BCUT2D eigenvalue weighted by atomic mass is 9.99. The maximum absolute atomic E-state index is 6.13. The van der Waals surface area contributed by atoms with Gasteiger partial charge in [0.1, 0.15) is 0 Å². The van der Waals surface area contributed by atoms with E-state index >= 15 is 0 Å². The Balaban J connectivity index is 2.01. The Morgan fingerprint density at radius 1 is 1.47 bits per heavy atom. The SMILES string of the molecule is CCCCCN(C)c1nc2c(s1)C(N)CCC2. The Labute approximate surface area is 108 Å². The number of aromatic nitrogens is 1. The molecule has 2 rings (SSSR count). The van der Waals surface area contributed by atoms with Crippen LogP contribution in [0.3, 0.4) is 0 Å². The number of unbranched alkanes of at least 4 members (excludes halogenated alkanes) is 2. The van der Waals surface area contributed by atoms with Crippen molar-refractivity contribution in [3.05, 3.63) is 10.6 Å². The summed E-state index contributed by atoms with van der Waals surface area (Å²) in [4.78, 5) is 8.35. The van der Waals surface area contributed by atoms with Gasteiger partial charge in [-0.15, -0.1) is 11.3 Å². The maximum atomic E-state index is 6.13. The third-order valence-electron chi connectivity index (χ3n) is 3.41. The number of fused-ring (bicyclic) bond motifs is 1. The minimum Gasteiger partial charge on any atom is -0.351 e. The summed E-state index contributed by atoms with van der Waals surface area (Å²) in [6.45, 7) is 3.34. The second-order valence-corrected chi connectivity index (χ2v) is 5.94. The number of thiazole rings is 1. The number of nitrogens with two attached hydrogens (primary N) is 1. The topological polar surface area (TPSA) is 42.2 Å². The molecular weight excluding hydrogens is 230 g/mol. The molecule has 1 aliphatic rings. The molecular formula is C13H23N3S. The lowest BCUT2D eigenvalue weighted by Gasteiger charge is -2.15. The zero-order valence-electron chi connectivity index (χ0n) is 10.9. The summed E-state index contributed by atoms with van der Waals surface area (Å²) in [6, 6.07) is 0.231. The Morgan fingerprint density at radius 3 is 3.00 bits per heavy atom. The lowest BCUT2D eigenvalue weighted by molar-refractivity contribution is 0.573. The number of rotatable bonds is 5. The van der Waals surface area contributed by atoms with E-state index in [4.69, 9.17) is 10.7 Å². The van der Waals surface area contributed by atoms with E-state index < -0.39 is 0 Å². The van der Waals surface area contributed by atoms with E-state index in [9.17, 15) is 0 Å². The van der Waals surface area contributed by atoms with Gasteiger partial charge in [-0.1, -0.05) is 19.8 Å². The molecule has 0 saturated carbocycles. The lowest BCUT2D eigenvalue weighted by Crippen LogP contribution is -2.18. The summed E-state index contributed by atoms with van der Waals surface area (Å²) in [5.41, 5.74) is 7.39. The van der Waals surface area contributed by atoms with Crippen LogP contribution in [0.1, 0.15) is 55.6 Å². The molecule has 96 valence electrons. The Hall–Kier alpha value is -0.610. The maximum Gasteiger partial charge on any atom is 0.185 e. The van der Waals surface area contributed by atoms with Crippen molar-refractivity contribution < 1.29 is 0 Å². The molecule has 17 heavy (non-hydrogen) atoms. The van der Waals surface area contributed by atoms with E-state index in [0.29, 0.717) is 0 Å². The van der Waals surface area contributed by atoms with Gasteiger partial charge in [0.25, 0.3) is 0 Å². The summed E-state index contributed by atoms with van der Waals surface area (Å²) < 4.78 is 0. The van der Waals surface area contributed by atoms with Crippen LogP contribution in [0.4, 0.5) is 5.13 Å². The smallest absolute Gasteiger partial charge is 0.185 e. The van der Waals surface area contributed by atoms with Gasteiger partial charge < -0.3 is 10.6 Å². The van der Waals surface area contributed by atoms with Crippen molar-refractivity contribution in [1.82, 2.24) is 4.98 Å². The first-order chi connectivity index (χ1) is 8.22. The molecule has 0 aliphatic heterocycles. The molecule has 1 atom stereocenters. The zero-order chi connectivity index (χ0) is 12.3. The highest BCUT2D eigenvalue weighted by Crippen LogP contribution is 2.35. The number of aryl methyl sites for hydroxylation is 1. The highest BCUT2D eigenvalue weighted by atomic mass is 32.1. The average Bonchev–Trinajstić information content (AvgIpc) is 2.75. The van der Waals surface area contributed by atoms with Gasteiger partial charge in [-0.25, -0.2) is 4.98 Å². The van der Waals surface area contributed by atoms with Gasteiger partial charge in [0, 0.05) is 24.5 Å². The van der Waals surface area contributed by atoms with Gasteiger partial charge in [0.2, 0.25) is 0 Å². The van der Waals surface area contributed by atoms with Crippen LogP contribution in [-0.2, 0) is 6.42 Å². The van der Waals surface area contributed by atoms with Crippen LogP contribution in [0.15, 0.2) is 0 Å². The predicted octanol–water partition coefficient (Wildman–Crippen LogP) is 3.11. The van der Waals surface area contributed by atoms with Crippen molar-refractivity contribution in [3.63, 3.8) is 0 Å². The summed E-state index contributed by atoms with van der Waals surface area (Å²) in [7, 11) is 2.14. The van der Waals surface area contributed by atoms with Gasteiger partial charge in [0.15, 0.2) is 5.13 Å². The Kier molecular flexibility index (Phi) is 4.40. The minimum absolute atomic E-state index is 0.231. The standard InChI is InChI=1S/C13H23N3S/c1-3-4-5-9-16(2)13-15-11-8-6-7-10(14)12(11)17-13/h10H,3-9,14H2,1-2H3. The van der Waals surface area contributed by atoms with Gasteiger partial charge in [-0.3, -0.25) is 0 Å². The molecule has 0 saturated heterocycles. The number of hydrogen-bond donors (Lipinski definition) is 1. The first-order valence-electron chi connectivity index (χ1n) is 6.68. The monoisotopic (exact) mass is 253 g/mol. The van der Waals surface area contributed by atoms with Crippen molar-refractivity contribution in [1.29, 1.82) is 0 Å². The molecule has 0 radical (unpaired) electrons. The quantitative estimate of drug-likeness (QED) is 0.820. The molecule has 1 aromatic heterocycles. The van der Waals surface area contributed by atoms with Crippen LogP contribution in [0, 0.1) is 0 Å². The van der Waals surface area contributed by atoms with Crippen LogP contribution in [0.25, 0.3) is 0 Å². The molecule has 1 aliphatic carbocycles. The van der Waals surface area contributed by atoms with Crippen LogP contribution in [0.5, 0.6) is 0 Å². The Bertz CT molecular complexity index is 362. The summed E-state index contributed by atoms with van der Waals surface area (Å²) in [6.07, 6.45) is 7.25. The van der Waals surface area contributed by atoms with Crippen molar-refractivity contribution in [2.45, 2.75) is 51.5 Å². The van der Waals surface area contributed by atoms with Crippen LogP contribution in [-0.4, -0.2) is 18.6 Å². The molecule has 0 spiro atoms. The summed E-state index contributed by atoms with van der Waals surface area (Å²) >= 11 is 1.80. The molecule has 3 nitrogen and oxygen atoms in total. The third-order valence-corrected chi connectivity index (χ3v) is 4.75. The first kappa shape index (κ1) is 12.8. The molecule has 1 aromatic rings. The van der Waals surface area contributed by atoms with E-state index in [-0.39, 0.29) is 6.04 Å². The fourth-order valence-electron chi connectivity index (χ4n) is 2.30. The second kappa shape index (κ2) is 5.83. The van der Waals surface area contributed by atoms with Gasteiger partial charge in [-0.2, -0.15) is 0 Å². The van der Waals surface area contributed by atoms with Crippen molar-refractivity contribution >= 4 is 16.5 Å². The van der Waals surface area contributed by atoms with E-state index in [1.54, 1.807) is 11.3 Å². The third kappa shape index (κ3) is 2.99. The number of nitrogens with zero attached hydrogens (tertiary/aromatic N) is 2. The van der Waals surface area contributed by atoms with Crippen LogP contribution < -0.4 is 10.6 Å². The fourth-order valence-corrected chi connectivity index (χ4v) is 3.43. The highest BCUT2D eigenvalue weighted by Gasteiger charge is 2.22. The van der Waals surface area contributed by atoms with Gasteiger partial charge >= 0.3 is 0 Å².